The minimum absolute atomic E-state index is 0.405. The van der Waals surface area contributed by atoms with Crippen molar-refractivity contribution in [3.8, 4) is 0 Å². The van der Waals surface area contributed by atoms with Crippen molar-refractivity contribution >= 4 is 23.0 Å². The molecule has 0 bridgehead atoms. The Hall–Kier alpha value is -0.710. The van der Waals surface area contributed by atoms with Crippen LogP contribution >= 0.6 is 11.8 Å². The molecule has 0 radical (unpaired) electrons. The van der Waals surface area contributed by atoms with Crippen molar-refractivity contribution < 1.29 is 9.53 Å². The van der Waals surface area contributed by atoms with Crippen molar-refractivity contribution in [2.45, 2.75) is 45.3 Å². The number of fused-ring (bicyclic) bond motifs is 1. The third kappa shape index (κ3) is 3.40. The summed E-state index contributed by atoms with van der Waals surface area (Å²) in [4.78, 5) is 16.0. The largest absolute Gasteiger partial charge is 0.444 e. The highest BCUT2D eigenvalue weighted by atomic mass is 32.2. The fourth-order valence-corrected chi connectivity index (χ4v) is 2.63. The van der Waals surface area contributed by atoms with Crippen molar-refractivity contribution in [2.75, 3.05) is 5.75 Å². The van der Waals surface area contributed by atoms with Crippen molar-refractivity contribution in [1.29, 1.82) is 0 Å². The molecule has 2 rings (SSSR count). The Bertz CT molecular complexity index is 322. The summed E-state index contributed by atoms with van der Waals surface area (Å²) < 4.78 is 5.19. The van der Waals surface area contributed by atoms with E-state index in [9.17, 15) is 4.79 Å². The van der Waals surface area contributed by atoms with Crippen LogP contribution in [0, 0.1) is 5.92 Å². The zero-order valence-corrected chi connectivity index (χ0v) is 10.8. The summed E-state index contributed by atoms with van der Waals surface area (Å²) in [5.74, 6) is 1.79. The van der Waals surface area contributed by atoms with E-state index in [2.05, 4.69) is 10.3 Å². The molecule has 1 amide bonds. The number of carbonyl (C=O) groups excluding carboxylic acids is 1. The Morgan fingerprint density at radius 1 is 1.56 bits per heavy atom. The normalized spacial score (nSPS) is 28.6. The fourth-order valence-electron chi connectivity index (χ4n) is 1.65. The van der Waals surface area contributed by atoms with Gasteiger partial charge in [-0.1, -0.05) is 11.8 Å². The number of amides is 1. The van der Waals surface area contributed by atoms with Gasteiger partial charge in [0, 0.05) is 5.75 Å². The first-order valence-electron chi connectivity index (χ1n) is 5.65. The number of hydrogen-bond donors (Lipinski definition) is 1. The quantitative estimate of drug-likeness (QED) is 0.709. The molecule has 1 aliphatic carbocycles. The fraction of sp³-hybridized carbons (Fsp3) is 0.818. The average Bonchev–Trinajstić information content (AvgIpc) is 2.77. The predicted octanol–water partition coefficient (Wildman–Crippen LogP) is 2.39. The highest BCUT2D eigenvalue weighted by Crippen LogP contribution is 2.40. The lowest BCUT2D eigenvalue weighted by molar-refractivity contribution is 0.0564. The minimum Gasteiger partial charge on any atom is -0.444 e. The van der Waals surface area contributed by atoms with E-state index in [1.807, 2.05) is 20.8 Å². The van der Waals surface area contributed by atoms with Crippen LogP contribution in [-0.2, 0) is 4.74 Å². The third-order valence-electron chi connectivity index (χ3n) is 2.50. The Balaban J connectivity index is 1.86. The van der Waals surface area contributed by atoms with Gasteiger partial charge in [-0.05, 0) is 39.5 Å². The van der Waals surface area contributed by atoms with Gasteiger partial charge in [0.15, 0.2) is 5.17 Å². The van der Waals surface area contributed by atoms with Crippen LogP contribution in [0.4, 0.5) is 4.79 Å². The van der Waals surface area contributed by atoms with Crippen LogP contribution in [0.1, 0.15) is 33.6 Å². The molecule has 5 heteroatoms. The number of thioether (sulfide) groups is 1. The van der Waals surface area contributed by atoms with Gasteiger partial charge in [-0.2, -0.15) is 0 Å². The highest BCUT2D eigenvalue weighted by Gasteiger charge is 2.38. The maximum absolute atomic E-state index is 11.5. The average molecular weight is 242 g/mol. The van der Waals surface area contributed by atoms with Gasteiger partial charge in [-0.25, -0.2) is 4.79 Å². The van der Waals surface area contributed by atoms with Gasteiger partial charge in [-0.3, -0.25) is 10.3 Å². The van der Waals surface area contributed by atoms with E-state index in [4.69, 9.17) is 4.74 Å². The Labute approximate surface area is 100 Å². The first-order valence-corrected chi connectivity index (χ1v) is 6.63. The zero-order valence-electron chi connectivity index (χ0n) is 9.95. The lowest BCUT2D eigenvalue weighted by Crippen LogP contribution is -2.35. The Morgan fingerprint density at radius 2 is 2.31 bits per heavy atom. The number of hydrogen-bond acceptors (Lipinski definition) is 4. The molecule has 90 valence electrons. The molecule has 0 aromatic heterocycles. The lowest BCUT2D eigenvalue weighted by Gasteiger charge is -2.19. The summed E-state index contributed by atoms with van der Waals surface area (Å²) in [6, 6.07) is 0.444. The van der Waals surface area contributed by atoms with Crippen molar-refractivity contribution in [3.05, 3.63) is 0 Å². The number of alkyl carbamates (subject to hydrolysis) is 1. The van der Waals surface area contributed by atoms with Gasteiger partial charge in [0.1, 0.15) is 5.60 Å². The lowest BCUT2D eigenvalue weighted by atomic mass is 10.2. The maximum Gasteiger partial charge on any atom is 0.413 e. The molecule has 4 nitrogen and oxygen atoms in total. The van der Waals surface area contributed by atoms with Gasteiger partial charge < -0.3 is 4.74 Å². The molecule has 2 unspecified atom stereocenters. The van der Waals surface area contributed by atoms with Crippen LogP contribution in [-0.4, -0.2) is 28.7 Å². The van der Waals surface area contributed by atoms with Crippen LogP contribution < -0.4 is 5.32 Å². The van der Waals surface area contributed by atoms with Crippen LogP contribution in [0.15, 0.2) is 4.99 Å². The smallest absolute Gasteiger partial charge is 0.413 e. The second-order valence-corrected chi connectivity index (χ2v) is 6.35. The number of carbonyl (C=O) groups is 1. The third-order valence-corrected chi connectivity index (χ3v) is 3.42. The van der Waals surface area contributed by atoms with E-state index < -0.39 is 11.7 Å². The molecule has 0 aromatic rings. The molecular formula is C11H18N2O2S. The van der Waals surface area contributed by atoms with Gasteiger partial charge in [0.2, 0.25) is 0 Å². The molecule has 1 aliphatic heterocycles. The summed E-state index contributed by atoms with van der Waals surface area (Å²) in [5.41, 5.74) is -0.456. The molecule has 1 N–H and O–H groups in total. The van der Waals surface area contributed by atoms with E-state index in [0.29, 0.717) is 6.04 Å². The molecule has 1 saturated carbocycles. The van der Waals surface area contributed by atoms with E-state index in [1.54, 1.807) is 11.8 Å². The molecule has 1 fully saturated rings. The standard InChI is InChI=1S/C11H18N2O2S/c1-11(2,3)15-10(14)13-9-12-8-6-7(8)4-5-16-9/h7-8H,4-6H2,1-3H3,(H,12,13,14). The van der Waals surface area contributed by atoms with E-state index in [-0.39, 0.29) is 0 Å². The Morgan fingerprint density at radius 3 is 3.00 bits per heavy atom. The zero-order chi connectivity index (χ0) is 11.8. The molecule has 16 heavy (non-hydrogen) atoms. The van der Waals surface area contributed by atoms with Crippen LogP contribution in [0.5, 0.6) is 0 Å². The Kier molecular flexibility index (Phi) is 3.15. The van der Waals surface area contributed by atoms with E-state index in [1.165, 1.54) is 12.8 Å². The number of nitrogens with one attached hydrogen (secondary N) is 1. The molecule has 1 heterocycles. The number of rotatable bonds is 0. The summed E-state index contributed by atoms with van der Waals surface area (Å²) in [6.45, 7) is 5.56. The first kappa shape index (κ1) is 11.8. The number of nitrogens with zero attached hydrogens (tertiary/aromatic N) is 1. The molecule has 2 aliphatic rings. The summed E-state index contributed by atoms with van der Waals surface area (Å²) in [5, 5.41) is 3.45. The molecule has 0 aromatic carbocycles. The summed E-state index contributed by atoms with van der Waals surface area (Å²) in [6.07, 6.45) is 1.98. The van der Waals surface area contributed by atoms with Crippen LogP contribution in [0.3, 0.4) is 0 Å². The predicted molar refractivity (Wildman–Crippen MR) is 65.8 cm³/mol. The van der Waals surface area contributed by atoms with E-state index in [0.717, 1.165) is 16.8 Å². The summed E-state index contributed by atoms with van der Waals surface area (Å²) >= 11 is 1.61. The maximum atomic E-state index is 11.5. The van der Waals surface area contributed by atoms with Crippen LogP contribution in [0.2, 0.25) is 0 Å². The van der Waals surface area contributed by atoms with Gasteiger partial charge >= 0.3 is 6.09 Å². The van der Waals surface area contributed by atoms with Gasteiger partial charge in [-0.15, -0.1) is 0 Å². The highest BCUT2D eigenvalue weighted by molar-refractivity contribution is 8.13. The topological polar surface area (TPSA) is 50.7 Å². The minimum atomic E-state index is -0.456. The molecular weight excluding hydrogens is 224 g/mol. The monoisotopic (exact) mass is 242 g/mol. The van der Waals surface area contributed by atoms with Gasteiger partial charge in [0.25, 0.3) is 0 Å². The SMILES string of the molecule is CC(C)(C)OC(=O)NC1=NC2CC2CCS1. The van der Waals surface area contributed by atoms with Crippen molar-refractivity contribution in [3.63, 3.8) is 0 Å². The number of amidine groups is 1. The second kappa shape index (κ2) is 4.28. The number of ether oxygens (including phenoxy) is 1. The molecule has 0 spiro atoms. The second-order valence-electron chi connectivity index (χ2n) is 5.26. The molecule has 2 atom stereocenters. The van der Waals surface area contributed by atoms with Crippen LogP contribution in [0.25, 0.3) is 0 Å². The molecule has 0 saturated heterocycles. The van der Waals surface area contributed by atoms with E-state index >= 15 is 0 Å². The summed E-state index contributed by atoms with van der Waals surface area (Å²) in [7, 11) is 0. The van der Waals surface area contributed by atoms with Crippen molar-refractivity contribution in [1.82, 2.24) is 5.32 Å². The van der Waals surface area contributed by atoms with Gasteiger partial charge in [0.05, 0.1) is 6.04 Å². The van der Waals surface area contributed by atoms with Crippen molar-refractivity contribution in [2.24, 2.45) is 10.9 Å². The first-order chi connectivity index (χ1) is 7.44. The number of aliphatic imine (C=N–C) groups is 1.